The molecule has 1 heterocycles. The molecule has 0 aliphatic heterocycles. The van der Waals surface area contributed by atoms with E-state index in [0.717, 1.165) is 5.56 Å². The number of benzene rings is 1. The number of aromatic nitrogens is 2. The maximum absolute atomic E-state index is 12.0. The number of nitrogen functional groups attached to an aromatic ring is 1. The van der Waals surface area contributed by atoms with Crippen molar-refractivity contribution < 1.29 is 9.90 Å². The van der Waals surface area contributed by atoms with E-state index in [2.05, 4.69) is 10.4 Å². The van der Waals surface area contributed by atoms with Gasteiger partial charge in [0, 0.05) is 18.4 Å². The highest BCUT2D eigenvalue weighted by Crippen LogP contribution is 2.14. The van der Waals surface area contributed by atoms with Crippen LogP contribution in [0, 0.1) is 0 Å². The number of nitrogens with zero attached hydrogens (tertiary/aromatic N) is 2. The van der Waals surface area contributed by atoms with Crippen molar-refractivity contribution in [1.29, 1.82) is 0 Å². The monoisotopic (exact) mass is 260 g/mol. The van der Waals surface area contributed by atoms with E-state index in [1.807, 2.05) is 6.92 Å². The number of aliphatic hydroxyl groups excluding tert-OH is 1. The zero-order valence-corrected chi connectivity index (χ0v) is 10.6. The largest absolute Gasteiger partial charge is 0.396 e. The first-order valence-corrected chi connectivity index (χ1v) is 5.98. The van der Waals surface area contributed by atoms with Gasteiger partial charge in [-0.15, -0.1) is 0 Å². The molecule has 2 aromatic rings. The fourth-order valence-electron chi connectivity index (χ4n) is 1.66. The molecule has 6 heteroatoms. The summed E-state index contributed by atoms with van der Waals surface area (Å²) in [4.78, 5) is 12.0. The molecular formula is C13H16N4O2. The lowest BCUT2D eigenvalue weighted by Gasteiger charge is -2.04. The number of anilines is 2. The molecule has 6 nitrogen and oxygen atoms in total. The third-order valence-corrected chi connectivity index (χ3v) is 2.72. The Kier molecular flexibility index (Phi) is 3.82. The van der Waals surface area contributed by atoms with Crippen LogP contribution in [0.3, 0.4) is 0 Å². The molecule has 0 aliphatic carbocycles. The standard InChI is InChI=1S/C13H16N4O2/c1-2-17-7-11(14)12(16-17)13(19)15-10-5-3-9(8-18)4-6-10/h3-7,18H,2,8,14H2,1H3,(H,15,19). The third kappa shape index (κ3) is 2.92. The SMILES string of the molecule is CCn1cc(N)c(C(=O)Nc2ccc(CO)cc2)n1. The van der Waals surface area contributed by atoms with Gasteiger partial charge in [-0.2, -0.15) is 5.10 Å². The van der Waals surface area contributed by atoms with Crippen LogP contribution in [0.25, 0.3) is 0 Å². The Hall–Kier alpha value is -2.34. The highest BCUT2D eigenvalue weighted by molar-refractivity contribution is 6.06. The van der Waals surface area contributed by atoms with Gasteiger partial charge in [-0.05, 0) is 24.6 Å². The van der Waals surface area contributed by atoms with E-state index in [0.29, 0.717) is 17.9 Å². The van der Waals surface area contributed by atoms with Crippen molar-refractivity contribution in [2.45, 2.75) is 20.1 Å². The Labute approximate surface area is 110 Å². The molecule has 0 atom stereocenters. The zero-order chi connectivity index (χ0) is 13.8. The van der Waals surface area contributed by atoms with Gasteiger partial charge < -0.3 is 16.2 Å². The van der Waals surface area contributed by atoms with Gasteiger partial charge in [-0.1, -0.05) is 12.1 Å². The first-order valence-electron chi connectivity index (χ1n) is 5.98. The number of carbonyl (C=O) groups excluding carboxylic acids is 1. The molecule has 0 fully saturated rings. The molecule has 0 bridgehead atoms. The molecule has 0 aliphatic rings. The number of carbonyl (C=O) groups is 1. The lowest BCUT2D eigenvalue weighted by atomic mass is 10.2. The van der Waals surface area contributed by atoms with Crippen molar-refractivity contribution in [2.24, 2.45) is 0 Å². The second-order valence-corrected chi connectivity index (χ2v) is 4.10. The summed E-state index contributed by atoms with van der Waals surface area (Å²) in [5.41, 5.74) is 7.73. The van der Waals surface area contributed by atoms with Gasteiger partial charge >= 0.3 is 0 Å². The predicted octanol–water partition coefficient (Wildman–Crippen LogP) is 1.23. The number of aryl methyl sites for hydroxylation is 1. The summed E-state index contributed by atoms with van der Waals surface area (Å²) in [6.07, 6.45) is 1.63. The normalized spacial score (nSPS) is 10.4. The Morgan fingerprint density at radius 2 is 2.11 bits per heavy atom. The molecular weight excluding hydrogens is 244 g/mol. The maximum Gasteiger partial charge on any atom is 0.278 e. The van der Waals surface area contributed by atoms with Crippen molar-refractivity contribution in [3.05, 3.63) is 41.7 Å². The predicted molar refractivity (Wildman–Crippen MR) is 72.6 cm³/mol. The minimum absolute atomic E-state index is 0.0257. The number of rotatable bonds is 4. The summed E-state index contributed by atoms with van der Waals surface area (Å²) >= 11 is 0. The van der Waals surface area contributed by atoms with Gasteiger partial charge in [0.25, 0.3) is 5.91 Å². The molecule has 0 saturated carbocycles. The summed E-state index contributed by atoms with van der Waals surface area (Å²) < 4.78 is 1.61. The Morgan fingerprint density at radius 1 is 1.42 bits per heavy atom. The van der Waals surface area contributed by atoms with E-state index in [-0.39, 0.29) is 18.2 Å². The van der Waals surface area contributed by atoms with E-state index in [1.54, 1.807) is 35.1 Å². The lowest BCUT2D eigenvalue weighted by Crippen LogP contribution is -2.14. The Morgan fingerprint density at radius 3 is 2.63 bits per heavy atom. The van der Waals surface area contributed by atoms with Crippen LogP contribution >= 0.6 is 0 Å². The van der Waals surface area contributed by atoms with E-state index >= 15 is 0 Å². The molecule has 2 rings (SSSR count). The highest BCUT2D eigenvalue weighted by Gasteiger charge is 2.14. The average Bonchev–Trinajstić information content (AvgIpc) is 2.81. The van der Waals surface area contributed by atoms with Crippen LogP contribution in [0.1, 0.15) is 23.0 Å². The van der Waals surface area contributed by atoms with E-state index in [9.17, 15) is 4.79 Å². The van der Waals surface area contributed by atoms with E-state index in [4.69, 9.17) is 10.8 Å². The fraction of sp³-hybridized carbons (Fsp3) is 0.231. The molecule has 1 aromatic heterocycles. The van der Waals surface area contributed by atoms with Crippen molar-refractivity contribution in [2.75, 3.05) is 11.1 Å². The second-order valence-electron chi connectivity index (χ2n) is 4.10. The number of nitrogens with one attached hydrogen (secondary N) is 1. The molecule has 0 spiro atoms. The first kappa shape index (κ1) is 13.1. The minimum atomic E-state index is -0.346. The maximum atomic E-state index is 12.0. The van der Waals surface area contributed by atoms with Crippen LogP contribution in [-0.4, -0.2) is 20.8 Å². The molecule has 100 valence electrons. The van der Waals surface area contributed by atoms with Gasteiger partial charge in [0.05, 0.1) is 12.3 Å². The first-order chi connectivity index (χ1) is 9.13. The van der Waals surface area contributed by atoms with Crippen LogP contribution in [0.15, 0.2) is 30.5 Å². The van der Waals surface area contributed by atoms with Crippen LogP contribution < -0.4 is 11.1 Å². The zero-order valence-electron chi connectivity index (χ0n) is 10.6. The van der Waals surface area contributed by atoms with E-state index < -0.39 is 0 Å². The summed E-state index contributed by atoms with van der Waals surface area (Å²) in [5.74, 6) is -0.346. The summed E-state index contributed by atoms with van der Waals surface area (Å²) in [7, 11) is 0. The van der Waals surface area contributed by atoms with Gasteiger partial charge in [0.2, 0.25) is 0 Å². The molecule has 1 aromatic carbocycles. The highest BCUT2D eigenvalue weighted by atomic mass is 16.3. The van der Waals surface area contributed by atoms with Gasteiger partial charge in [-0.3, -0.25) is 9.48 Å². The third-order valence-electron chi connectivity index (χ3n) is 2.72. The molecule has 0 unspecified atom stereocenters. The van der Waals surface area contributed by atoms with E-state index in [1.165, 1.54) is 0 Å². The Bertz CT molecular complexity index is 575. The van der Waals surface area contributed by atoms with Crippen molar-refractivity contribution in [3.63, 3.8) is 0 Å². The molecule has 0 saturated heterocycles. The van der Waals surface area contributed by atoms with Crippen LogP contribution in [0.2, 0.25) is 0 Å². The topological polar surface area (TPSA) is 93.2 Å². The lowest BCUT2D eigenvalue weighted by molar-refractivity contribution is 0.102. The average molecular weight is 260 g/mol. The summed E-state index contributed by atoms with van der Waals surface area (Å²) in [6.45, 7) is 2.55. The number of aliphatic hydroxyl groups is 1. The molecule has 19 heavy (non-hydrogen) atoms. The van der Waals surface area contributed by atoms with Crippen LogP contribution in [0.4, 0.5) is 11.4 Å². The number of hydrogen-bond donors (Lipinski definition) is 3. The Balaban J connectivity index is 2.13. The van der Waals surface area contributed by atoms with Gasteiger partial charge in [0.1, 0.15) is 0 Å². The van der Waals surface area contributed by atoms with Crippen molar-refractivity contribution in [1.82, 2.24) is 9.78 Å². The number of amides is 1. The number of nitrogens with two attached hydrogens (primary N) is 1. The second kappa shape index (κ2) is 5.53. The minimum Gasteiger partial charge on any atom is -0.396 e. The summed E-state index contributed by atoms with van der Waals surface area (Å²) in [5, 5.41) is 15.7. The molecule has 0 radical (unpaired) electrons. The van der Waals surface area contributed by atoms with Crippen molar-refractivity contribution in [3.8, 4) is 0 Å². The molecule has 1 amide bonds. The number of hydrogen-bond acceptors (Lipinski definition) is 4. The quantitative estimate of drug-likeness (QED) is 0.770. The summed E-state index contributed by atoms with van der Waals surface area (Å²) in [6, 6.07) is 6.92. The fourth-order valence-corrected chi connectivity index (χ4v) is 1.66. The van der Waals surface area contributed by atoms with Crippen molar-refractivity contribution >= 4 is 17.3 Å². The smallest absolute Gasteiger partial charge is 0.278 e. The van der Waals surface area contributed by atoms with Crippen LogP contribution in [0.5, 0.6) is 0 Å². The van der Waals surface area contributed by atoms with Gasteiger partial charge in [0.15, 0.2) is 5.69 Å². The van der Waals surface area contributed by atoms with Gasteiger partial charge in [-0.25, -0.2) is 0 Å². The molecule has 4 N–H and O–H groups in total. The van der Waals surface area contributed by atoms with Crippen LogP contribution in [-0.2, 0) is 13.2 Å².